The Hall–Kier alpha value is -0.870. The molecular formula is C11H19N3O. The molecule has 0 aromatic rings. The topological polar surface area (TPSA) is 47.9 Å². The van der Waals surface area contributed by atoms with Crippen molar-refractivity contribution in [2.24, 2.45) is 4.99 Å². The number of aliphatic hydroxyl groups is 1. The lowest BCUT2D eigenvalue weighted by Crippen LogP contribution is -2.57. The maximum absolute atomic E-state index is 9.45. The zero-order valence-electron chi connectivity index (χ0n) is 9.40. The molecule has 2 rings (SSSR count). The van der Waals surface area contributed by atoms with Crippen molar-refractivity contribution in [1.82, 2.24) is 10.2 Å². The Balaban J connectivity index is 2.02. The van der Waals surface area contributed by atoms with Crippen molar-refractivity contribution in [2.75, 3.05) is 13.1 Å². The molecule has 2 N–H and O–H groups in total. The average molecular weight is 209 g/mol. The number of hydrogen-bond acceptors (Lipinski definition) is 4. The molecule has 1 unspecified atom stereocenters. The van der Waals surface area contributed by atoms with Gasteiger partial charge in [-0.3, -0.25) is 9.89 Å². The Morgan fingerprint density at radius 1 is 1.53 bits per heavy atom. The van der Waals surface area contributed by atoms with Crippen LogP contribution in [0.2, 0.25) is 0 Å². The Kier molecular flexibility index (Phi) is 2.80. The molecule has 0 spiro atoms. The van der Waals surface area contributed by atoms with Gasteiger partial charge in [-0.25, -0.2) is 0 Å². The molecule has 4 nitrogen and oxygen atoms in total. The normalized spacial score (nSPS) is 33.7. The summed E-state index contributed by atoms with van der Waals surface area (Å²) in [5, 5.41) is 12.8. The third-order valence-electron chi connectivity index (χ3n) is 3.17. The van der Waals surface area contributed by atoms with Gasteiger partial charge in [-0.15, -0.1) is 0 Å². The van der Waals surface area contributed by atoms with Crippen LogP contribution in [0.4, 0.5) is 0 Å². The largest absolute Gasteiger partial charge is 0.393 e. The van der Waals surface area contributed by atoms with E-state index in [0.717, 1.165) is 31.5 Å². The standard InChI is InChI=1S/C11H19N3O/c1-9-7-12-11(2,13-8-9)14-5-3-10(15)4-6-14/h7-8,10,12,15H,3-6H2,1-2H3. The predicted molar refractivity (Wildman–Crippen MR) is 60.6 cm³/mol. The van der Waals surface area contributed by atoms with Gasteiger partial charge in [-0.1, -0.05) is 0 Å². The van der Waals surface area contributed by atoms with E-state index in [1.54, 1.807) is 0 Å². The van der Waals surface area contributed by atoms with E-state index in [9.17, 15) is 5.11 Å². The predicted octanol–water partition coefficient (Wildman–Crippen LogP) is 0.695. The second-order valence-electron chi connectivity index (χ2n) is 4.53. The fourth-order valence-electron chi connectivity index (χ4n) is 2.03. The molecule has 0 bridgehead atoms. The summed E-state index contributed by atoms with van der Waals surface area (Å²) < 4.78 is 0. The monoisotopic (exact) mass is 209 g/mol. The summed E-state index contributed by atoms with van der Waals surface area (Å²) in [4.78, 5) is 6.81. The lowest BCUT2D eigenvalue weighted by atomic mass is 10.1. The molecule has 1 atom stereocenters. The summed E-state index contributed by atoms with van der Waals surface area (Å²) in [6.45, 7) is 5.89. The van der Waals surface area contributed by atoms with Gasteiger partial charge >= 0.3 is 0 Å². The SMILES string of the molecule is CC1=CNC(C)(N2CCC(O)CC2)N=C1. The van der Waals surface area contributed by atoms with Crippen LogP contribution in [0, 0.1) is 0 Å². The molecule has 0 aromatic heterocycles. The third-order valence-corrected chi connectivity index (χ3v) is 3.17. The number of rotatable bonds is 1. The molecule has 4 heteroatoms. The van der Waals surface area contributed by atoms with Crippen molar-refractivity contribution in [1.29, 1.82) is 0 Å². The van der Waals surface area contributed by atoms with Gasteiger partial charge in [0.25, 0.3) is 0 Å². The second kappa shape index (κ2) is 3.94. The highest BCUT2D eigenvalue weighted by atomic mass is 16.3. The first-order chi connectivity index (χ1) is 7.10. The molecule has 0 aromatic carbocycles. The highest BCUT2D eigenvalue weighted by Gasteiger charge is 2.33. The van der Waals surface area contributed by atoms with Crippen molar-refractivity contribution in [3.63, 3.8) is 0 Å². The number of hydrogen-bond donors (Lipinski definition) is 2. The summed E-state index contributed by atoms with van der Waals surface area (Å²) in [6, 6.07) is 0. The maximum Gasteiger partial charge on any atom is 0.183 e. The maximum atomic E-state index is 9.45. The van der Waals surface area contributed by atoms with Crippen LogP contribution < -0.4 is 5.32 Å². The second-order valence-corrected chi connectivity index (χ2v) is 4.53. The van der Waals surface area contributed by atoms with Crippen molar-refractivity contribution in [2.45, 2.75) is 38.6 Å². The molecule has 0 saturated carbocycles. The molecule has 1 saturated heterocycles. The summed E-state index contributed by atoms with van der Waals surface area (Å²) in [5.41, 5.74) is 1.14. The molecule has 15 heavy (non-hydrogen) atoms. The molecule has 0 radical (unpaired) electrons. The number of allylic oxidation sites excluding steroid dienone is 1. The van der Waals surface area contributed by atoms with Crippen LogP contribution in [-0.4, -0.2) is 41.2 Å². The van der Waals surface area contributed by atoms with Crippen LogP contribution in [0.5, 0.6) is 0 Å². The van der Waals surface area contributed by atoms with Crippen LogP contribution in [0.25, 0.3) is 0 Å². The first-order valence-electron chi connectivity index (χ1n) is 5.53. The first-order valence-corrected chi connectivity index (χ1v) is 5.53. The van der Waals surface area contributed by atoms with Gasteiger partial charge in [-0.2, -0.15) is 0 Å². The highest BCUT2D eigenvalue weighted by molar-refractivity contribution is 5.78. The van der Waals surface area contributed by atoms with Crippen molar-refractivity contribution < 1.29 is 5.11 Å². The molecule has 1 fully saturated rings. The minimum Gasteiger partial charge on any atom is -0.393 e. The van der Waals surface area contributed by atoms with Gasteiger partial charge < -0.3 is 10.4 Å². The number of nitrogens with zero attached hydrogens (tertiary/aromatic N) is 2. The lowest BCUT2D eigenvalue weighted by molar-refractivity contribution is 0.0164. The Bertz CT molecular complexity index is 292. The van der Waals surface area contributed by atoms with E-state index in [-0.39, 0.29) is 11.9 Å². The molecule has 2 heterocycles. The first kappa shape index (κ1) is 10.6. The smallest absolute Gasteiger partial charge is 0.183 e. The van der Waals surface area contributed by atoms with Crippen molar-refractivity contribution in [3.05, 3.63) is 11.8 Å². The van der Waals surface area contributed by atoms with Gasteiger partial charge in [0, 0.05) is 25.5 Å². The van der Waals surface area contributed by atoms with Crippen molar-refractivity contribution in [3.8, 4) is 0 Å². The van der Waals surface area contributed by atoms with Crippen LogP contribution in [0.3, 0.4) is 0 Å². The molecule has 0 amide bonds. The van der Waals surface area contributed by atoms with Crippen LogP contribution in [-0.2, 0) is 0 Å². The van der Waals surface area contributed by atoms with Gasteiger partial charge in [0.1, 0.15) is 0 Å². The zero-order valence-corrected chi connectivity index (χ0v) is 9.40. The molecular weight excluding hydrogens is 190 g/mol. The summed E-state index contributed by atoms with van der Waals surface area (Å²) in [5.74, 6) is -0.320. The number of likely N-dealkylation sites (tertiary alicyclic amines) is 1. The van der Waals surface area contributed by atoms with Gasteiger partial charge in [0.15, 0.2) is 5.79 Å². The fraction of sp³-hybridized carbons (Fsp3) is 0.727. The zero-order chi connectivity index (χ0) is 10.9. The van der Waals surface area contributed by atoms with E-state index in [4.69, 9.17) is 0 Å². The fourth-order valence-corrected chi connectivity index (χ4v) is 2.03. The van der Waals surface area contributed by atoms with E-state index in [1.165, 1.54) is 0 Å². The van der Waals surface area contributed by atoms with E-state index < -0.39 is 0 Å². The van der Waals surface area contributed by atoms with Crippen LogP contribution in [0.1, 0.15) is 26.7 Å². The molecule has 84 valence electrons. The Labute approximate surface area is 90.7 Å². The lowest BCUT2D eigenvalue weighted by Gasteiger charge is -2.42. The summed E-state index contributed by atoms with van der Waals surface area (Å²) >= 11 is 0. The quantitative estimate of drug-likeness (QED) is 0.668. The Morgan fingerprint density at radius 2 is 2.20 bits per heavy atom. The van der Waals surface area contributed by atoms with Gasteiger partial charge in [0.05, 0.1) is 6.10 Å². The van der Waals surface area contributed by atoms with E-state index in [2.05, 4.69) is 22.1 Å². The minimum atomic E-state index is -0.320. The van der Waals surface area contributed by atoms with Gasteiger partial charge in [0.2, 0.25) is 0 Å². The summed E-state index contributed by atoms with van der Waals surface area (Å²) in [6.07, 6.45) is 5.46. The minimum absolute atomic E-state index is 0.130. The van der Waals surface area contributed by atoms with E-state index in [0.29, 0.717) is 0 Å². The van der Waals surface area contributed by atoms with Crippen LogP contribution >= 0.6 is 0 Å². The molecule has 0 aliphatic carbocycles. The molecule has 2 aliphatic rings. The number of piperidine rings is 1. The van der Waals surface area contributed by atoms with Crippen LogP contribution in [0.15, 0.2) is 16.8 Å². The third kappa shape index (κ3) is 2.21. The molecule has 2 aliphatic heterocycles. The van der Waals surface area contributed by atoms with E-state index >= 15 is 0 Å². The summed E-state index contributed by atoms with van der Waals surface area (Å²) in [7, 11) is 0. The van der Waals surface area contributed by atoms with Crippen molar-refractivity contribution >= 4 is 6.21 Å². The number of aliphatic imine (C=N–C) groups is 1. The number of aliphatic hydroxyl groups excluding tert-OH is 1. The van der Waals surface area contributed by atoms with E-state index in [1.807, 2.05) is 19.3 Å². The van der Waals surface area contributed by atoms with Gasteiger partial charge in [-0.05, 0) is 32.3 Å². The highest BCUT2D eigenvalue weighted by Crippen LogP contribution is 2.22. The number of nitrogens with one attached hydrogen (secondary N) is 1. The Morgan fingerprint density at radius 3 is 2.73 bits per heavy atom. The average Bonchev–Trinajstić information content (AvgIpc) is 2.24.